The quantitative estimate of drug-likeness (QED) is 0.357. The van der Waals surface area contributed by atoms with E-state index >= 15 is 0 Å². The minimum Gasteiger partial charge on any atom is -0.367 e. The highest BCUT2D eigenvalue weighted by Gasteiger charge is 2.17. The van der Waals surface area contributed by atoms with E-state index in [0.717, 1.165) is 61.7 Å². The molecule has 1 heterocycles. The van der Waals surface area contributed by atoms with Crippen molar-refractivity contribution in [1.29, 1.82) is 0 Å². The zero-order chi connectivity index (χ0) is 22.9. The number of nitrogens with zero attached hydrogens (tertiary/aromatic N) is 2. The maximum atomic E-state index is 13.1. The van der Waals surface area contributed by atoms with Crippen molar-refractivity contribution in [2.75, 3.05) is 36.4 Å². The molecule has 32 heavy (non-hydrogen) atoms. The van der Waals surface area contributed by atoms with Gasteiger partial charge in [-0.05, 0) is 68.5 Å². The summed E-state index contributed by atoms with van der Waals surface area (Å²) in [6.45, 7) is 13.5. The lowest BCUT2D eigenvalue weighted by atomic mass is 9.99. The molecule has 0 atom stereocenters. The molecule has 0 bridgehead atoms. The molecule has 1 saturated heterocycles. The van der Waals surface area contributed by atoms with Crippen LogP contribution in [0.4, 0.5) is 11.4 Å². The first-order valence-electron chi connectivity index (χ1n) is 11.3. The number of allylic oxidation sites excluding steroid dienone is 2. The van der Waals surface area contributed by atoms with Crippen LogP contribution in [-0.2, 0) is 11.2 Å². The summed E-state index contributed by atoms with van der Waals surface area (Å²) in [5.41, 5.74) is 6.67. The highest BCUT2D eigenvalue weighted by Crippen LogP contribution is 2.26. The Morgan fingerprint density at radius 2 is 1.97 bits per heavy atom. The number of benzene rings is 2. The summed E-state index contributed by atoms with van der Waals surface area (Å²) >= 11 is 0. The van der Waals surface area contributed by atoms with Gasteiger partial charge in [0.2, 0.25) is 0 Å². The fraction of sp³-hybridized carbons (Fsp3) is 0.333. The smallest absolute Gasteiger partial charge is 0.273 e. The molecule has 2 aromatic carbocycles. The fourth-order valence-corrected chi connectivity index (χ4v) is 3.86. The Morgan fingerprint density at radius 1 is 1.22 bits per heavy atom. The number of aliphatic imine (C=N–C) groups is 1. The average molecular weight is 431 g/mol. The third-order valence-corrected chi connectivity index (χ3v) is 5.79. The Balaban J connectivity index is 1.78. The van der Waals surface area contributed by atoms with Crippen molar-refractivity contribution in [3.05, 3.63) is 83.6 Å². The minimum absolute atomic E-state index is 0.201. The number of amides is 1. The molecular formula is C27H34N4O. The van der Waals surface area contributed by atoms with Crippen LogP contribution in [0.5, 0.6) is 0 Å². The largest absolute Gasteiger partial charge is 0.367 e. The predicted molar refractivity (Wildman–Crippen MR) is 136 cm³/mol. The van der Waals surface area contributed by atoms with E-state index in [9.17, 15) is 4.79 Å². The zero-order valence-corrected chi connectivity index (χ0v) is 19.4. The molecular weight excluding hydrogens is 396 g/mol. The first-order chi connectivity index (χ1) is 15.5. The molecule has 1 aliphatic heterocycles. The van der Waals surface area contributed by atoms with Gasteiger partial charge in [0.25, 0.3) is 5.91 Å². The van der Waals surface area contributed by atoms with Crippen molar-refractivity contribution < 1.29 is 4.79 Å². The minimum atomic E-state index is -0.201. The Morgan fingerprint density at radius 3 is 2.69 bits per heavy atom. The third-order valence-electron chi connectivity index (χ3n) is 5.79. The van der Waals surface area contributed by atoms with E-state index in [1.807, 2.05) is 38.1 Å². The van der Waals surface area contributed by atoms with Crippen LogP contribution in [0.15, 0.2) is 71.9 Å². The molecule has 0 unspecified atom stereocenters. The number of rotatable bonds is 8. The number of piperazine rings is 1. The van der Waals surface area contributed by atoms with E-state index in [0.29, 0.717) is 5.70 Å². The van der Waals surface area contributed by atoms with Crippen molar-refractivity contribution in [2.24, 2.45) is 4.99 Å². The fourth-order valence-electron chi connectivity index (χ4n) is 3.86. The van der Waals surface area contributed by atoms with Gasteiger partial charge in [0.15, 0.2) is 0 Å². The molecule has 3 rings (SSSR count). The van der Waals surface area contributed by atoms with E-state index in [2.05, 4.69) is 58.3 Å². The molecule has 0 radical (unpaired) electrons. The van der Waals surface area contributed by atoms with Gasteiger partial charge < -0.3 is 15.5 Å². The third kappa shape index (κ3) is 5.95. The van der Waals surface area contributed by atoms with Crippen LogP contribution in [0.2, 0.25) is 0 Å². The first-order valence-corrected chi connectivity index (χ1v) is 11.3. The summed E-state index contributed by atoms with van der Waals surface area (Å²) in [5.74, 6) is -0.201. The lowest BCUT2D eigenvalue weighted by Gasteiger charge is -2.31. The summed E-state index contributed by atoms with van der Waals surface area (Å²) in [6.07, 6.45) is 5.60. The van der Waals surface area contributed by atoms with Gasteiger partial charge in [0.1, 0.15) is 5.70 Å². The summed E-state index contributed by atoms with van der Waals surface area (Å²) in [7, 11) is 0. The standard InChI is InChI=1S/C27H34N4O/c1-5-7-10-22-19-23(14-13-20(22)3)21(4)29-24(6-2)27(32)30-25-11-8-9-12-26(25)31-17-15-28-16-18-31/h5-6,8-9,11-14,19,28H,1,7,10,15-18H2,2-4H3,(H,30,32)/b24-6-,29-21+. The number of aryl methyl sites for hydroxylation is 2. The lowest BCUT2D eigenvalue weighted by molar-refractivity contribution is -0.112. The monoisotopic (exact) mass is 430 g/mol. The van der Waals surface area contributed by atoms with Crippen LogP contribution in [0, 0.1) is 6.92 Å². The molecule has 168 valence electrons. The molecule has 1 aliphatic rings. The van der Waals surface area contributed by atoms with Gasteiger partial charge in [-0.25, -0.2) is 4.99 Å². The summed E-state index contributed by atoms with van der Waals surface area (Å²) in [5, 5.41) is 6.44. The highest BCUT2D eigenvalue weighted by molar-refractivity contribution is 6.09. The number of para-hydroxylation sites is 2. The predicted octanol–water partition coefficient (Wildman–Crippen LogP) is 4.87. The molecule has 0 aromatic heterocycles. The zero-order valence-electron chi connectivity index (χ0n) is 19.4. The van der Waals surface area contributed by atoms with Crippen LogP contribution in [-0.4, -0.2) is 37.8 Å². The maximum Gasteiger partial charge on any atom is 0.273 e. The second-order valence-electron chi connectivity index (χ2n) is 8.05. The highest BCUT2D eigenvalue weighted by atomic mass is 16.2. The number of nitrogens with one attached hydrogen (secondary N) is 2. The Labute approximate surface area is 191 Å². The van der Waals surface area contributed by atoms with Gasteiger partial charge in [0.05, 0.1) is 11.4 Å². The van der Waals surface area contributed by atoms with Crippen molar-refractivity contribution in [3.63, 3.8) is 0 Å². The summed E-state index contributed by atoms with van der Waals surface area (Å²) < 4.78 is 0. The molecule has 2 N–H and O–H groups in total. The molecule has 1 fully saturated rings. The van der Waals surface area contributed by atoms with Crippen LogP contribution >= 0.6 is 0 Å². The van der Waals surface area contributed by atoms with E-state index in [4.69, 9.17) is 0 Å². The normalized spacial score (nSPS) is 14.9. The van der Waals surface area contributed by atoms with E-state index in [-0.39, 0.29) is 5.91 Å². The van der Waals surface area contributed by atoms with Crippen molar-refractivity contribution in [3.8, 4) is 0 Å². The van der Waals surface area contributed by atoms with Gasteiger partial charge in [-0.3, -0.25) is 4.79 Å². The van der Waals surface area contributed by atoms with Crippen LogP contribution in [0.3, 0.4) is 0 Å². The Bertz CT molecular complexity index is 1020. The summed E-state index contributed by atoms with van der Waals surface area (Å²) in [6, 6.07) is 14.3. The number of hydrogen-bond donors (Lipinski definition) is 2. The van der Waals surface area contributed by atoms with Crippen LogP contribution in [0.25, 0.3) is 0 Å². The second-order valence-corrected chi connectivity index (χ2v) is 8.05. The molecule has 0 saturated carbocycles. The van der Waals surface area contributed by atoms with Crippen LogP contribution in [0.1, 0.15) is 37.0 Å². The molecule has 1 amide bonds. The Kier molecular flexibility index (Phi) is 8.40. The number of carbonyl (C=O) groups excluding carboxylic acids is 1. The SMILES string of the molecule is C=CCCc1cc(/C(C)=N/C(=C\C)C(=O)Nc2ccccc2N2CCNCC2)ccc1C. The van der Waals surface area contributed by atoms with Gasteiger partial charge in [-0.1, -0.05) is 36.4 Å². The Hall–Kier alpha value is -3.18. The van der Waals surface area contributed by atoms with Gasteiger partial charge in [0, 0.05) is 31.9 Å². The second kappa shape index (κ2) is 11.4. The first kappa shape index (κ1) is 23.5. The van der Waals surface area contributed by atoms with Crippen molar-refractivity contribution in [2.45, 2.75) is 33.6 Å². The van der Waals surface area contributed by atoms with Gasteiger partial charge in [-0.15, -0.1) is 6.58 Å². The molecule has 2 aromatic rings. The van der Waals surface area contributed by atoms with Gasteiger partial charge in [-0.2, -0.15) is 0 Å². The molecule has 0 aliphatic carbocycles. The number of carbonyl (C=O) groups is 1. The number of anilines is 2. The average Bonchev–Trinajstić information content (AvgIpc) is 2.82. The molecule has 5 heteroatoms. The van der Waals surface area contributed by atoms with Gasteiger partial charge >= 0.3 is 0 Å². The molecule has 0 spiro atoms. The van der Waals surface area contributed by atoms with Crippen molar-refractivity contribution >= 4 is 23.0 Å². The van der Waals surface area contributed by atoms with Crippen LogP contribution < -0.4 is 15.5 Å². The van der Waals surface area contributed by atoms with E-state index in [1.165, 1.54) is 11.1 Å². The van der Waals surface area contributed by atoms with E-state index in [1.54, 1.807) is 6.08 Å². The number of hydrogen-bond acceptors (Lipinski definition) is 4. The van der Waals surface area contributed by atoms with Crippen molar-refractivity contribution in [1.82, 2.24) is 5.32 Å². The molecule has 5 nitrogen and oxygen atoms in total. The lowest BCUT2D eigenvalue weighted by Crippen LogP contribution is -2.43. The van der Waals surface area contributed by atoms with E-state index < -0.39 is 0 Å². The topological polar surface area (TPSA) is 56.7 Å². The maximum absolute atomic E-state index is 13.1. The summed E-state index contributed by atoms with van der Waals surface area (Å²) in [4.78, 5) is 20.1.